The summed E-state index contributed by atoms with van der Waals surface area (Å²) in [5.74, 6) is 0.175. The Morgan fingerprint density at radius 2 is 2.00 bits per heavy atom. The lowest BCUT2D eigenvalue weighted by Gasteiger charge is -2.06. The van der Waals surface area contributed by atoms with E-state index in [-0.39, 0.29) is 17.3 Å². The van der Waals surface area contributed by atoms with E-state index in [1.165, 1.54) is 6.20 Å². The van der Waals surface area contributed by atoms with Crippen LogP contribution in [0.4, 0.5) is 10.6 Å². The van der Waals surface area contributed by atoms with Crippen LogP contribution in [-0.4, -0.2) is 41.2 Å². The normalized spacial score (nSPS) is 11.0. The molecule has 3 N–H and O–H groups in total. The molecule has 0 unspecified atom stereocenters. The van der Waals surface area contributed by atoms with Gasteiger partial charge in [0.05, 0.1) is 11.9 Å². The Labute approximate surface area is 152 Å². The molecule has 27 heavy (non-hydrogen) atoms. The Hall–Kier alpha value is -3.95. The number of rotatable bonds is 4. The Kier molecular flexibility index (Phi) is 3.92. The van der Waals surface area contributed by atoms with Crippen molar-refractivity contribution in [2.75, 3.05) is 5.32 Å². The zero-order valence-electron chi connectivity index (χ0n) is 14.1. The van der Waals surface area contributed by atoms with E-state index >= 15 is 0 Å². The molecular weight excluding hydrogens is 352 g/mol. The van der Waals surface area contributed by atoms with Gasteiger partial charge in [-0.3, -0.25) is 5.32 Å². The number of aryl methyl sites for hydroxylation is 1. The number of amides is 1. The molecule has 0 aliphatic carbocycles. The van der Waals surface area contributed by atoms with Crippen LogP contribution in [0.1, 0.15) is 6.92 Å². The summed E-state index contributed by atoms with van der Waals surface area (Å²) in [7, 11) is 0. The maximum absolute atomic E-state index is 11.0. The van der Waals surface area contributed by atoms with E-state index in [9.17, 15) is 9.90 Å². The highest BCUT2D eigenvalue weighted by Gasteiger charge is 2.24. The van der Waals surface area contributed by atoms with Crippen LogP contribution >= 0.6 is 0 Å². The number of pyridine rings is 1. The van der Waals surface area contributed by atoms with Crippen molar-refractivity contribution in [1.82, 2.24) is 24.8 Å². The van der Waals surface area contributed by atoms with Crippen molar-refractivity contribution in [1.29, 1.82) is 0 Å². The third-order valence-electron chi connectivity index (χ3n) is 4.04. The van der Waals surface area contributed by atoms with Gasteiger partial charge in [-0.05, 0) is 17.2 Å². The minimum atomic E-state index is -1.31. The molecule has 4 rings (SSSR count). The molecule has 0 bridgehead atoms. The highest BCUT2D eigenvalue weighted by molar-refractivity contribution is 5.96. The van der Waals surface area contributed by atoms with Crippen molar-refractivity contribution < 1.29 is 19.6 Å². The summed E-state index contributed by atoms with van der Waals surface area (Å²) in [6.45, 7) is 2.31. The van der Waals surface area contributed by atoms with Gasteiger partial charge in [0.2, 0.25) is 5.82 Å². The smallest absolute Gasteiger partial charge is 0.410 e. The Morgan fingerprint density at radius 1 is 1.22 bits per heavy atom. The first-order chi connectivity index (χ1) is 13.1. The molecule has 1 aromatic carbocycles. The van der Waals surface area contributed by atoms with E-state index in [0.29, 0.717) is 29.1 Å². The SMILES string of the molecule is CCn1c(-c2nonc2NC(=O)O)nc2c(-c3ccccc3)ncc(O)c21. The van der Waals surface area contributed by atoms with Crippen LogP contribution in [0.15, 0.2) is 41.2 Å². The second-order valence-electron chi connectivity index (χ2n) is 5.63. The fourth-order valence-corrected chi connectivity index (χ4v) is 2.94. The van der Waals surface area contributed by atoms with E-state index in [2.05, 4.69) is 30.2 Å². The molecule has 10 heteroatoms. The molecule has 0 saturated heterocycles. The van der Waals surface area contributed by atoms with Crippen molar-refractivity contribution in [3.05, 3.63) is 36.5 Å². The highest BCUT2D eigenvalue weighted by atomic mass is 16.6. The Bertz CT molecular complexity index is 1140. The summed E-state index contributed by atoms with van der Waals surface area (Å²) in [4.78, 5) is 19.9. The average molecular weight is 366 g/mol. The molecule has 3 aromatic heterocycles. The third kappa shape index (κ3) is 2.72. The Morgan fingerprint density at radius 3 is 2.70 bits per heavy atom. The Balaban J connectivity index is 2.00. The van der Waals surface area contributed by atoms with E-state index in [1.807, 2.05) is 37.3 Å². The number of imidazole rings is 1. The van der Waals surface area contributed by atoms with Crippen LogP contribution in [-0.2, 0) is 6.54 Å². The monoisotopic (exact) mass is 366 g/mol. The van der Waals surface area contributed by atoms with Crippen LogP contribution < -0.4 is 5.32 Å². The maximum atomic E-state index is 11.0. The second kappa shape index (κ2) is 6.41. The number of carboxylic acid groups (broad SMARTS) is 1. The van der Waals surface area contributed by atoms with Gasteiger partial charge in [-0.25, -0.2) is 19.4 Å². The number of nitrogens with zero attached hydrogens (tertiary/aromatic N) is 5. The predicted octanol–water partition coefficient (Wildman–Crippen LogP) is 2.96. The van der Waals surface area contributed by atoms with Gasteiger partial charge in [0, 0.05) is 12.1 Å². The van der Waals surface area contributed by atoms with Gasteiger partial charge in [-0.1, -0.05) is 30.3 Å². The fraction of sp³-hybridized carbons (Fsp3) is 0.118. The number of nitrogens with one attached hydrogen (secondary N) is 1. The summed E-state index contributed by atoms with van der Waals surface area (Å²) in [6, 6.07) is 9.42. The number of hydrogen-bond acceptors (Lipinski definition) is 7. The summed E-state index contributed by atoms with van der Waals surface area (Å²) in [5.41, 5.74) is 2.46. The lowest BCUT2D eigenvalue weighted by molar-refractivity contribution is 0.209. The van der Waals surface area contributed by atoms with Crippen LogP contribution in [0.5, 0.6) is 5.75 Å². The summed E-state index contributed by atoms with van der Waals surface area (Å²) >= 11 is 0. The molecule has 0 fully saturated rings. The van der Waals surface area contributed by atoms with Crippen molar-refractivity contribution in [2.45, 2.75) is 13.5 Å². The molecule has 0 radical (unpaired) electrons. The van der Waals surface area contributed by atoms with Gasteiger partial charge >= 0.3 is 6.09 Å². The topological polar surface area (TPSA) is 139 Å². The van der Waals surface area contributed by atoms with Gasteiger partial charge in [0.15, 0.2) is 17.3 Å². The molecule has 0 atom stereocenters. The predicted molar refractivity (Wildman–Crippen MR) is 95.2 cm³/mol. The largest absolute Gasteiger partial charge is 0.504 e. The van der Waals surface area contributed by atoms with Crippen LogP contribution in [0.25, 0.3) is 33.8 Å². The minimum absolute atomic E-state index is 0.0468. The number of hydrogen-bond donors (Lipinski definition) is 3. The summed E-state index contributed by atoms with van der Waals surface area (Å²) in [6.07, 6.45) is 0.0559. The summed E-state index contributed by atoms with van der Waals surface area (Å²) < 4.78 is 6.38. The molecular formula is C17H14N6O4. The van der Waals surface area contributed by atoms with Crippen LogP contribution in [0, 0.1) is 0 Å². The average Bonchev–Trinajstić information content (AvgIpc) is 3.26. The number of aromatic nitrogens is 5. The number of fused-ring (bicyclic) bond motifs is 1. The molecule has 0 saturated carbocycles. The second-order valence-corrected chi connectivity index (χ2v) is 5.63. The minimum Gasteiger partial charge on any atom is -0.504 e. The zero-order valence-corrected chi connectivity index (χ0v) is 14.1. The molecule has 0 aliphatic heterocycles. The van der Waals surface area contributed by atoms with Crippen molar-refractivity contribution in [3.8, 4) is 28.5 Å². The molecule has 10 nitrogen and oxygen atoms in total. The summed E-state index contributed by atoms with van der Waals surface area (Å²) in [5, 5.41) is 28.8. The third-order valence-corrected chi connectivity index (χ3v) is 4.04. The first-order valence-electron chi connectivity index (χ1n) is 8.06. The van der Waals surface area contributed by atoms with Crippen LogP contribution in [0.3, 0.4) is 0 Å². The molecule has 3 heterocycles. The van der Waals surface area contributed by atoms with E-state index < -0.39 is 6.09 Å². The van der Waals surface area contributed by atoms with Gasteiger partial charge in [-0.2, -0.15) is 0 Å². The first kappa shape index (κ1) is 16.5. The van der Waals surface area contributed by atoms with Gasteiger partial charge in [0.1, 0.15) is 11.0 Å². The van der Waals surface area contributed by atoms with Gasteiger partial charge in [-0.15, -0.1) is 0 Å². The molecule has 1 amide bonds. The van der Waals surface area contributed by atoms with Crippen molar-refractivity contribution in [2.24, 2.45) is 0 Å². The van der Waals surface area contributed by atoms with E-state index in [0.717, 1.165) is 5.56 Å². The molecule has 0 aliphatic rings. The quantitative estimate of drug-likeness (QED) is 0.501. The fourth-order valence-electron chi connectivity index (χ4n) is 2.94. The number of benzene rings is 1. The molecule has 4 aromatic rings. The van der Waals surface area contributed by atoms with Crippen LogP contribution in [0.2, 0.25) is 0 Å². The number of carbonyl (C=O) groups is 1. The van der Waals surface area contributed by atoms with E-state index in [4.69, 9.17) is 5.11 Å². The van der Waals surface area contributed by atoms with Crippen molar-refractivity contribution in [3.63, 3.8) is 0 Å². The standard InChI is InChI=1S/C17H14N6O4/c1-2-23-14-10(24)8-18-11(9-6-4-3-5-7-9)12(14)19-16(23)13-15(20-17(25)26)22-27-21-13/h3-8,24H,2H2,1H3,(H,20,22)(H,25,26). The molecule has 0 spiro atoms. The maximum Gasteiger partial charge on any atom is 0.410 e. The highest BCUT2D eigenvalue weighted by Crippen LogP contribution is 2.36. The van der Waals surface area contributed by atoms with E-state index in [1.54, 1.807) is 4.57 Å². The number of anilines is 1. The lowest BCUT2D eigenvalue weighted by atomic mass is 10.1. The lowest BCUT2D eigenvalue weighted by Crippen LogP contribution is -2.09. The van der Waals surface area contributed by atoms with Gasteiger partial charge < -0.3 is 14.8 Å². The zero-order chi connectivity index (χ0) is 19.0. The van der Waals surface area contributed by atoms with Gasteiger partial charge in [0.25, 0.3) is 0 Å². The number of aromatic hydroxyl groups is 1. The molecule has 136 valence electrons. The first-order valence-corrected chi connectivity index (χ1v) is 8.06. The van der Waals surface area contributed by atoms with Crippen molar-refractivity contribution >= 4 is 22.9 Å².